The number of aryl methyl sites for hydroxylation is 1. The highest BCUT2D eigenvalue weighted by atomic mass is 16.5. The number of nitrogens with zero attached hydrogens (tertiary/aromatic N) is 1. The number of furan rings is 1. The third-order valence-electron chi connectivity index (χ3n) is 3.02. The minimum atomic E-state index is -0.438. The van der Waals surface area contributed by atoms with Crippen molar-refractivity contribution in [1.82, 2.24) is 5.32 Å². The average Bonchev–Trinajstić information content (AvgIpc) is 2.96. The number of nitriles is 1. The molecule has 0 aliphatic heterocycles. The molecule has 2 rings (SSSR count). The third kappa shape index (κ3) is 4.00. The summed E-state index contributed by atoms with van der Waals surface area (Å²) in [5, 5.41) is 11.8. The Kier molecular flexibility index (Phi) is 4.99. The second kappa shape index (κ2) is 7.14. The van der Waals surface area contributed by atoms with Crippen molar-refractivity contribution in [2.45, 2.75) is 13.5 Å². The van der Waals surface area contributed by atoms with Crippen molar-refractivity contribution < 1.29 is 13.9 Å². The van der Waals surface area contributed by atoms with Crippen molar-refractivity contribution in [3.05, 3.63) is 59.1 Å². The molecule has 1 amide bonds. The van der Waals surface area contributed by atoms with Gasteiger partial charge in [0.05, 0.1) is 7.11 Å². The van der Waals surface area contributed by atoms with Gasteiger partial charge in [0, 0.05) is 12.6 Å². The lowest BCUT2D eigenvalue weighted by Gasteiger charge is -2.05. The molecule has 0 radical (unpaired) electrons. The van der Waals surface area contributed by atoms with Crippen molar-refractivity contribution in [2.75, 3.05) is 7.11 Å². The predicted octanol–water partition coefficient (Wildman–Crippen LogP) is 2.82. The maximum Gasteiger partial charge on any atom is 0.262 e. The molecule has 5 nitrogen and oxygen atoms in total. The smallest absolute Gasteiger partial charge is 0.262 e. The number of carbonyl (C=O) groups is 1. The fourth-order valence-electron chi connectivity index (χ4n) is 1.84. The Bertz CT molecular complexity index is 721. The molecule has 1 N–H and O–H groups in total. The van der Waals surface area contributed by atoms with Crippen LogP contribution >= 0.6 is 0 Å². The summed E-state index contributed by atoms with van der Waals surface area (Å²) in [5.74, 6) is 1.52. The number of rotatable bonds is 5. The van der Waals surface area contributed by atoms with Crippen LogP contribution in [0.1, 0.15) is 17.1 Å². The van der Waals surface area contributed by atoms with E-state index in [0.29, 0.717) is 12.3 Å². The van der Waals surface area contributed by atoms with Crippen LogP contribution in [0.4, 0.5) is 0 Å². The van der Waals surface area contributed by atoms with E-state index in [4.69, 9.17) is 14.4 Å². The number of nitrogens with one attached hydrogen (secondary N) is 1. The molecule has 1 heterocycles. The molecule has 0 unspecified atom stereocenters. The molecule has 0 saturated carbocycles. The van der Waals surface area contributed by atoms with Crippen LogP contribution < -0.4 is 10.1 Å². The Morgan fingerprint density at radius 2 is 2.05 bits per heavy atom. The van der Waals surface area contributed by atoms with Gasteiger partial charge in [-0.15, -0.1) is 0 Å². The van der Waals surface area contributed by atoms with Gasteiger partial charge in [-0.25, -0.2) is 0 Å². The zero-order valence-electron chi connectivity index (χ0n) is 12.4. The molecule has 0 fully saturated rings. The average molecular weight is 296 g/mol. The van der Waals surface area contributed by atoms with E-state index in [1.807, 2.05) is 30.3 Å². The largest absolute Gasteiger partial charge is 0.497 e. The second-order valence-corrected chi connectivity index (χ2v) is 4.65. The van der Waals surface area contributed by atoms with E-state index in [1.165, 1.54) is 6.08 Å². The zero-order chi connectivity index (χ0) is 15.9. The molecule has 0 aliphatic rings. The van der Waals surface area contributed by atoms with E-state index in [2.05, 4.69) is 5.32 Å². The quantitative estimate of drug-likeness (QED) is 0.680. The number of hydrogen-bond acceptors (Lipinski definition) is 4. The van der Waals surface area contributed by atoms with E-state index in [9.17, 15) is 4.79 Å². The summed E-state index contributed by atoms with van der Waals surface area (Å²) in [6.07, 6.45) is 1.43. The van der Waals surface area contributed by atoms with Crippen LogP contribution in [-0.4, -0.2) is 13.0 Å². The van der Waals surface area contributed by atoms with Gasteiger partial charge in [0.2, 0.25) is 0 Å². The fourth-order valence-corrected chi connectivity index (χ4v) is 1.84. The number of methoxy groups -OCH3 is 1. The van der Waals surface area contributed by atoms with E-state index < -0.39 is 5.91 Å². The second-order valence-electron chi connectivity index (χ2n) is 4.65. The summed E-state index contributed by atoms with van der Waals surface area (Å²) in [5.41, 5.74) is 0.920. The first-order valence-corrected chi connectivity index (χ1v) is 6.71. The van der Waals surface area contributed by atoms with Crippen molar-refractivity contribution >= 4 is 12.0 Å². The van der Waals surface area contributed by atoms with Crippen LogP contribution in [-0.2, 0) is 11.3 Å². The Labute approximate surface area is 128 Å². The Hall–Kier alpha value is -3.00. The summed E-state index contributed by atoms with van der Waals surface area (Å²) >= 11 is 0. The van der Waals surface area contributed by atoms with Gasteiger partial charge >= 0.3 is 0 Å². The molecular weight excluding hydrogens is 280 g/mol. The molecule has 1 aromatic carbocycles. The Morgan fingerprint density at radius 1 is 1.32 bits per heavy atom. The van der Waals surface area contributed by atoms with E-state index in [-0.39, 0.29) is 5.57 Å². The van der Waals surface area contributed by atoms with Crippen LogP contribution in [0.25, 0.3) is 6.08 Å². The first kappa shape index (κ1) is 15.4. The third-order valence-corrected chi connectivity index (χ3v) is 3.02. The molecule has 0 saturated heterocycles. The van der Waals surface area contributed by atoms with E-state index in [1.54, 1.807) is 26.2 Å². The topological polar surface area (TPSA) is 75.3 Å². The minimum Gasteiger partial charge on any atom is -0.497 e. The van der Waals surface area contributed by atoms with Crippen molar-refractivity contribution in [3.63, 3.8) is 0 Å². The summed E-state index contributed by atoms with van der Waals surface area (Å²) in [6, 6.07) is 12.7. The van der Waals surface area contributed by atoms with Gasteiger partial charge in [0.15, 0.2) is 0 Å². The van der Waals surface area contributed by atoms with Gasteiger partial charge in [-0.3, -0.25) is 4.79 Å². The van der Waals surface area contributed by atoms with Crippen LogP contribution in [0, 0.1) is 18.3 Å². The number of benzene rings is 1. The lowest BCUT2D eigenvalue weighted by atomic mass is 10.2. The van der Waals surface area contributed by atoms with Gasteiger partial charge in [0.1, 0.15) is 28.9 Å². The first-order valence-electron chi connectivity index (χ1n) is 6.71. The van der Waals surface area contributed by atoms with Crippen molar-refractivity contribution in [2.24, 2.45) is 0 Å². The molecule has 5 heteroatoms. The Balaban J connectivity index is 2.00. The predicted molar refractivity (Wildman–Crippen MR) is 81.9 cm³/mol. The van der Waals surface area contributed by atoms with Gasteiger partial charge in [0.25, 0.3) is 5.91 Å². The summed E-state index contributed by atoms with van der Waals surface area (Å²) in [4.78, 5) is 12.0. The standard InChI is InChI=1S/C17H16N2O3/c1-12-3-6-16(22-12)9-14(10-18)17(20)19-11-13-4-7-15(21-2)8-5-13/h3-9H,11H2,1-2H3,(H,19,20)/b14-9+. The lowest BCUT2D eigenvalue weighted by molar-refractivity contribution is -0.117. The molecule has 22 heavy (non-hydrogen) atoms. The number of ether oxygens (including phenoxy) is 1. The fraction of sp³-hybridized carbons (Fsp3) is 0.176. The Morgan fingerprint density at radius 3 is 2.59 bits per heavy atom. The van der Waals surface area contributed by atoms with E-state index in [0.717, 1.165) is 17.1 Å². The zero-order valence-corrected chi connectivity index (χ0v) is 12.4. The van der Waals surface area contributed by atoms with Gasteiger partial charge < -0.3 is 14.5 Å². The van der Waals surface area contributed by atoms with Gasteiger partial charge in [-0.2, -0.15) is 5.26 Å². The summed E-state index contributed by atoms with van der Waals surface area (Å²) in [6.45, 7) is 2.13. The molecule has 0 aliphatic carbocycles. The molecule has 0 atom stereocenters. The van der Waals surface area contributed by atoms with Crippen molar-refractivity contribution in [1.29, 1.82) is 5.26 Å². The lowest BCUT2D eigenvalue weighted by Crippen LogP contribution is -2.23. The van der Waals surface area contributed by atoms with E-state index >= 15 is 0 Å². The maximum absolute atomic E-state index is 12.0. The molecule has 0 spiro atoms. The molecule has 2 aromatic rings. The summed E-state index contributed by atoms with van der Waals surface area (Å²) < 4.78 is 10.4. The van der Waals surface area contributed by atoms with Crippen LogP contribution in [0.2, 0.25) is 0 Å². The molecule has 112 valence electrons. The number of hydrogen-bond donors (Lipinski definition) is 1. The molecular formula is C17H16N2O3. The highest BCUT2D eigenvalue weighted by Crippen LogP contribution is 2.12. The normalized spacial score (nSPS) is 10.9. The van der Waals surface area contributed by atoms with Crippen LogP contribution in [0.5, 0.6) is 5.75 Å². The van der Waals surface area contributed by atoms with Crippen molar-refractivity contribution in [3.8, 4) is 11.8 Å². The highest BCUT2D eigenvalue weighted by Gasteiger charge is 2.10. The SMILES string of the molecule is COc1ccc(CNC(=O)/C(C#N)=C/c2ccc(C)o2)cc1. The van der Waals surface area contributed by atoms with Gasteiger partial charge in [-0.1, -0.05) is 12.1 Å². The first-order chi connectivity index (χ1) is 10.6. The maximum atomic E-state index is 12.0. The minimum absolute atomic E-state index is 0.00265. The van der Waals surface area contributed by atoms with Crippen LogP contribution in [0.15, 0.2) is 46.4 Å². The van der Waals surface area contributed by atoms with Gasteiger partial charge in [-0.05, 0) is 36.8 Å². The molecule has 0 bridgehead atoms. The number of carbonyl (C=O) groups excluding carboxylic acids is 1. The number of amides is 1. The summed E-state index contributed by atoms with van der Waals surface area (Å²) in [7, 11) is 1.59. The monoisotopic (exact) mass is 296 g/mol. The molecule has 1 aromatic heterocycles. The van der Waals surface area contributed by atoms with Crippen LogP contribution in [0.3, 0.4) is 0 Å². The highest BCUT2D eigenvalue weighted by molar-refractivity contribution is 6.01.